The topological polar surface area (TPSA) is 162 Å². The van der Waals surface area contributed by atoms with Gasteiger partial charge in [-0.1, -0.05) is 24.3 Å². The Labute approximate surface area is 206 Å². The minimum atomic E-state index is -0.785. The number of phenols is 8. The Morgan fingerprint density at radius 3 is 1.14 bits per heavy atom. The third-order valence-electron chi connectivity index (χ3n) is 6.13. The first kappa shape index (κ1) is 24.4. The van der Waals surface area contributed by atoms with Gasteiger partial charge >= 0.3 is 0 Å². The van der Waals surface area contributed by atoms with Gasteiger partial charge in [0.15, 0.2) is 23.0 Å². The molecule has 0 spiro atoms. The molecule has 4 rings (SSSR count). The molecule has 8 N–H and O–H groups in total. The van der Waals surface area contributed by atoms with Gasteiger partial charge in [0.25, 0.3) is 0 Å². The van der Waals surface area contributed by atoms with Gasteiger partial charge in [-0.25, -0.2) is 0 Å². The van der Waals surface area contributed by atoms with Crippen LogP contribution >= 0.6 is 0 Å². The van der Waals surface area contributed by atoms with Crippen molar-refractivity contribution in [1.82, 2.24) is 0 Å². The van der Waals surface area contributed by atoms with Crippen molar-refractivity contribution in [1.29, 1.82) is 0 Å². The molecule has 0 radical (unpaired) electrons. The zero-order valence-electron chi connectivity index (χ0n) is 19.2. The first-order valence-corrected chi connectivity index (χ1v) is 11.3. The molecule has 0 aliphatic heterocycles. The van der Waals surface area contributed by atoms with E-state index < -0.39 is 34.5 Å². The molecule has 0 heterocycles. The highest BCUT2D eigenvalue weighted by Gasteiger charge is 2.24. The maximum Gasteiger partial charge on any atom is 0.201 e. The van der Waals surface area contributed by atoms with Crippen molar-refractivity contribution in [2.24, 2.45) is 0 Å². The van der Waals surface area contributed by atoms with E-state index in [2.05, 4.69) is 0 Å². The number of aromatic hydroxyl groups is 8. The maximum absolute atomic E-state index is 10.6. The van der Waals surface area contributed by atoms with Crippen LogP contribution in [-0.2, 0) is 25.7 Å². The molecule has 0 unspecified atom stereocenters. The molecule has 0 saturated heterocycles. The minimum Gasteiger partial charge on any atom is -0.508 e. The number of hydrogen-bond acceptors (Lipinski definition) is 8. The van der Waals surface area contributed by atoms with Crippen LogP contribution in [0, 0.1) is 0 Å². The summed E-state index contributed by atoms with van der Waals surface area (Å²) in [6.07, 6.45) is 1.25. The SMILES string of the molecule is Oc1cccc(CCc2cc(-c3cc(CCc4cccc(O)c4)c(O)c(O)c3O)c(O)c(O)c2O)c1. The van der Waals surface area contributed by atoms with Gasteiger partial charge in [0.1, 0.15) is 11.5 Å². The largest absolute Gasteiger partial charge is 0.508 e. The Bertz CT molecular complexity index is 1320. The minimum absolute atomic E-state index is 0.0531. The van der Waals surface area contributed by atoms with Crippen LogP contribution in [0.25, 0.3) is 11.1 Å². The molecule has 4 aromatic carbocycles. The first-order valence-electron chi connectivity index (χ1n) is 11.3. The van der Waals surface area contributed by atoms with Gasteiger partial charge in [-0.3, -0.25) is 0 Å². The zero-order chi connectivity index (χ0) is 26.0. The molecule has 0 aliphatic rings. The van der Waals surface area contributed by atoms with Crippen molar-refractivity contribution in [2.75, 3.05) is 0 Å². The summed E-state index contributed by atoms with van der Waals surface area (Å²) in [6.45, 7) is 0. The normalized spacial score (nSPS) is 11.0. The highest BCUT2D eigenvalue weighted by molar-refractivity contribution is 5.84. The van der Waals surface area contributed by atoms with Gasteiger partial charge < -0.3 is 40.9 Å². The summed E-state index contributed by atoms with van der Waals surface area (Å²) < 4.78 is 0. The Balaban J connectivity index is 1.71. The molecule has 0 saturated carbocycles. The standard InChI is InChI=1S/C28H26O8/c29-19-5-1-3-15(11-19)7-9-17-13-21(25(33)27(35)23(17)31)22-14-18(24(32)28(36)26(22)34)10-8-16-4-2-6-20(30)12-16/h1-6,11-14,29-36H,7-10H2. The maximum atomic E-state index is 10.6. The Hall–Kier alpha value is -4.72. The number of rotatable bonds is 7. The lowest BCUT2D eigenvalue weighted by Crippen LogP contribution is -1.96. The van der Waals surface area contributed by atoms with Crippen molar-refractivity contribution < 1.29 is 40.9 Å². The van der Waals surface area contributed by atoms with E-state index >= 15 is 0 Å². The Morgan fingerprint density at radius 1 is 0.389 bits per heavy atom. The molecule has 0 fully saturated rings. The summed E-state index contributed by atoms with van der Waals surface area (Å²) in [5.41, 5.74) is 1.98. The van der Waals surface area contributed by atoms with Crippen LogP contribution in [0.1, 0.15) is 22.3 Å². The predicted octanol–water partition coefficient (Wildman–Crippen LogP) is 4.57. The second-order valence-electron chi connectivity index (χ2n) is 8.60. The molecular weight excluding hydrogens is 464 g/mol. The summed E-state index contributed by atoms with van der Waals surface area (Å²) in [7, 11) is 0. The van der Waals surface area contributed by atoms with E-state index in [4.69, 9.17) is 0 Å². The number of aryl methyl sites for hydroxylation is 4. The molecule has 36 heavy (non-hydrogen) atoms. The van der Waals surface area contributed by atoms with Gasteiger partial charge in [-0.15, -0.1) is 0 Å². The molecule has 8 nitrogen and oxygen atoms in total. The molecule has 186 valence electrons. The van der Waals surface area contributed by atoms with E-state index in [-0.39, 0.29) is 46.6 Å². The van der Waals surface area contributed by atoms with Crippen molar-refractivity contribution >= 4 is 0 Å². The molecule has 0 aliphatic carbocycles. The summed E-state index contributed by atoms with van der Waals surface area (Å²) in [4.78, 5) is 0. The average Bonchev–Trinajstić information content (AvgIpc) is 2.85. The van der Waals surface area contributed by atoms with Gasteiger partial charge in [0.2, 0.25) is 11.5 Å². The Kier molecular flexibility index (Phi) is 6.69. The zero-order valence-corrected chi connectivity index (χ0v) is 19.2. The highest BCUT2D eigenvalue weighted by atomic mass is 16.3. The summed E-state index contributed by atoms with van der Waals surface area (Å²) in [6, 6.07) is 15.9. The van der Waals surface area contributed by atoms with E-state index in [0.29, 0.717) is 12.8 Å². The van der Waals surface area contributed by atoms with E-state index in [9.17, 15) is 40.9 Å². The predicted molar refractivity (Wildman–Crippen MR) is 133 cm³/mol. The van der Waals surface area contributed by atoms with Crippen LogP contribution in [0.3, 0.4) is 0 Å². The molecular formula is C28H26O8. The fraction of sp³-hybridized carbons (Fsp3) is 0.143. The van der Waals surface area contributed by atoms with Gasteiger partial charge in [-0.2, -0.15) is 0 Å². The van der Waals surface area contributed by atoms with Crippen LogP contribution in [0.2, 0.25) is 0 Å². The smallest absolute Gasteiger partial charge is 0.201 e. The first-order chi connectivity index (χ1) is 17.2. The van der Waals surface area contributed by atoms with Crippen LogP contribution < -0.4 is 0 Å². The van der Waals surface area contributed by atoms with E-state index in [1.165, 1.54) is 24.3 Å². The second-order valence-corrected chi connectivity index (χ2v) is 8.60. The van der Waals surface area contributed by atoms with Gasteiger partial charge in [0.05, 0.1) is 0 Å². The van der Waals surface area contributed by atoms with Crippen LogP contribution in [0.4, 0.5) is 0 Å². The molecule has 0 amide bonds. The lowest BCUT2D eigenvalue weighted by atomic mass is 9.93. The quantitative estimate of drug-likeness (QED) is 0.175. The fourth-order valence-corrected chi connectivity index (χ4v) is 4.18. The van der Waals surface area contributed by atoms with E-state index in [1.54, 1.807) is 36.4 Å². The monoisotopic (exact) mass is 490 g/mol. The molecule has 0 atom stereocenters. The van der Waals surface area contributed by atoms with Crippen molar-refractivity contribution in [2.45, 2.75) is 25.7 Å². The number of hydrogen-bond donors (Lipinski definition) is 8. The van der Waals surface area contributed by atoms with Crippen molar-refractivity contribution in [3.8, 4) is 57.1 Å². The molecule has 4 aromatic rings. The van der Waals surface area contributed by atoms with Crippen LogP contribution in [0.5, 0.6) is 46.0 Å². The third-order valence-corrected chi connectivity index (χ3v) is 6.13. The van der Waals surface area contributed by atoms with E-state index in [0.717, 1.165) is 11.1 Å². The summed E-state index contributed by atoms with van der Waals surface area (Å²) in [5, 5.41) is 82.0. The van der Waals surface area contributed by atoms with Crippen LogP contribution in [0.15, 0.2) is 60.7 Å². The van der Waals surface area contributed by atoms with Crippen molar-refractivity contribution in [3.05, 3.63) is 82.9 Å². The van der Waals surface area contributed by atoms with Gasteiger partial charge in [-0.05, 0) is 84.3 Å². The summed E-state index contributed by atoms with van der Waals surface area (Å²) >= 11 is 0. The summed E-state index contributed by atoms with van der Waals surface area (Å²) in [5.74, 6) is -3.84. The van der Waals surface area contributed by atoms with Gasteiger partial charge in [0, 0.05) is 11.1 Å². The fourth-order valence-electron chi connectivity index (χ4n) is 4.18. The molecule has 0 aromatic heterocycles. The lowest BCUT2D eigenvalue weighted by Gasteiger charge is -2.16. The highest BCUT2D eigenvalue weighted by Crippen LogP contribution is 2.51. The van der Waals surface area contributed by atoms with Crippen LogP contribution in [-0.4, -0.2) is 40.9 Å². The van der Waals surface area contributed by atoms with Crippen molar-refractivity contribution in [3.63, 3.8) is 0 Å². The lowest BCUT2D eigenvalue weighted by molar-refractivity contribution is 0.362. The third kappa shape index (κ3) is 4.88. The average molecular weight is 491 g/mol. The molecule has 8 heteroatoms. The second kappa shape index (κ2) is 9.87. The molecule has 0 bridgehead atoms. The Morgan fingerprint density at radius 2 is 0.778 bits per heavy atom. The number of phenolic OH excluding ortho intramolecular Hbond substituents is 8. The number of benzene rings is 4. The van der Waals surface area contributed by atoms with E-state index in [1.807, 2.05) is 0 Å².